The van der Waals surface area contributed by atoms with Crippen LogP contribution in [0.5, 0.6) is 5.75 Å². The van der Waals surface area contributed by atoms with Gasteiger partial charge in [0, 0.05) is 23.9 Å². The zero-order chi connectivity index (χ0) is 19.8. The van der Waals surface area contributed by atoms with E-state index in [-0.39, 0.29) is 24.7 Å². The summed E-state index contributed by atoms with van der Waals surface area (Å²) >= 11 is 0. The number of carbonyl (C=O) groups is 2. The third-order valence-electron chi connectivity index (χ3n) is 4.38. The molecule has 0 bridgehead atoms. The number of hydrogen-bond donors (Lipinski definition) is 2. The number of nitrogens with one attached hydrogen (secondary N) is 1. The standard InChI is InChI=1S/C22H23NO5/c24-20(25)13-5-2-8-14-23-22(26)21-18(15-27-16-9-3-1-4-10-16)17-11-6-7-12-19(17)28-21/h1,3-4,6-7,9-12H,2,5,8,13-15H2,(H,23,26)(H,24,25). The molecule has 0 aliphatic rings. The summed E-state index contributed by atoms with van der Waals surface area (Å²) in [6.07, 6.45) is 2.22. The van der Waals surface area contributed by atoms with Crippen LogP contribution in [0.2, 0.25) is 0 Å². The minimum Gasteiger partial charge on any atom is -0.489 e. The predicted molar refractivity (Wildman–Crippen MR) is 105 cm³/mol. The van der Waals surface area contributed by atoms with E-state index in [4.69, 9.17) is 14.3 Å². The van der Waals surface area contributed by atoms with Crippen molar-refractivity contribution in [3.05, 3.63) is 65.9 Å². The van der Waals surface area contributed by atoms with Crippen molar-refractivity contribution in [2.24, 2.45) is 0 Å². The highest BCUT2D eigenvalue weighted by Crippen LogP contribution is 2.27. The van der Waals surface area contributed by atoms with E-state index in [1.54, 1.807) is 0 Å². The topological polar surface area (TPSA) is 88.8 Å². The second-order valence-electron chi connectivity index (χ2n) is 6.47. The first-order valence-electron chi connectivity index (χ1n) is 9.33. The van der Waals surface area contributed by atoms with Crippen molar-refractivity contribution in [1.82, 2.24) is 5.32 Å². The monoisotopic (exact) mass is 381 g/mol. The summed E-state index contributed by atoms with van der Waals surface area (Å²) < 4.78 is 11.6. The van der Waals surface area contributed by atoms with E-state index in [0.717, 1.165) is 24.0 Å². The van der Waals surface area contributed by atoms with Crippen molar-refractivity contribution in [3.8, 4) is 5.75 Å². The van der Waals surface area contributed by atoms with Gasteiger partial charge in [-0.3, -0.25) is 9.59 Å². The van der Waals surface area contributed by atoms with Crippen LogP contribution < -0.4 is 10.1 Å². The summed E-state index contributed by atoms with van der Waals surface area (Å²) in [5, 5.41) is 12.3. The molecule has 2 aromatic carbocycles. The fourth-order valence-electron chi connectivity index (χ4n) is 2.96. The van der Waals surface area contributed by atoms with E-state index >= 15 is 0 Å². The van der Waals surface area contributed by atoms with E-state index in [2.05, 4.69) is 5.32 Å². The highest BCUT2D eigenvalue weighted by Gasteiger charge is 2.20. The Morgan fingerprint density at radius 3 is 2.50 bits per heavy atom. The summed E-state index contributed by atoms with van der Waals surface area (Å²) in [5.41, 5.74) is 1.35. The molecule has 0 radical (unpaired) electrons. The van der Waals surface area contributed by atoms with Crippen LogP contribution in [0.15, 0.2) is 59.0 Å². The van der Waals surface area contributed by atoms with Crippen LogP contribution >= 0.6 is 0 Å². The van der Waals surface area contributed by atoms with Crippen LogP contribution in [0.3, 0.4) is 0 Å². The van der Waals surface area contributed by atoms with Crippen molar-refractivity contribution < 1.29 is 23.8 Å². The first kappa shape index (κ1) is 19.5. The molecule has 1 heterocycles. The lowest BCUT2D eigenvalue weighted by atomic mass is 10.1. The lowest BCUT2D eigenvalue weighted by molar-refractivity contribution is -0.137. The molecule has 1 amide bonds. The maximum absolute atomic E-state index is 12.6. The number of carbonyl (C=O) groups excluding carboxylic acids is 1. The quantitative estimate of drug-likeness (QED) is 0.509. The molecule has 28 heavy (non-hydrogen) atoms. The maximum atomic E-state index is 12.6. The molecule has 0 atom stereocenters. The van der Waals surface area contributed by atoms with Gasteiger partial charge >= 0.3 is 5.97 Å². The first-order chi connectivity index (χ1) is 13.6. The average Bonchev–Trinajstić information content (AvgIpc) is 3.08. The molecule has 0 spiro atoms. The number of furan rings is 1. The Kier molecular flexibility index (Phi) is 6.68. The molecule has 0 saturated carbocycles. The molecular weight excluding hydrogens is 358 g/mol. The van der Waals surface area contributed by atoms with Crippen LogP contribution in [-0.2, 0) is 11.4 Å². The second-order valence-corrected chi connectivity index (χ2v) is 6.47. The smallest absolute Gasteiger partial charge is 0.303 e. The molecule has 0 aliphatic carbocycles. The number of unbranched alkanes of at least 4 members (excludes halogenated alkanes) is 2. The molecular formula is C22H23NO5. The Labute approximate surface area is 163 Å². The van der Waals surface area contributed by atoms with Gasteiger partial charge in [0.25, 0.3) is 5.91 Å². The molecule has 6 nitrogen and oxygen atoms in total. The minimum atomic E-state index is -0.797. The Hall–Kier alpha value is -3.28. The van der Waals surface area contributed by atoms with Gasteiger partial charge in [0.2, 0.25) is 0 Å². The number of para-hydroxylation sites is 2. The lowest BCUT2D eigenvalue weighted by Gasteiger charge is -2.08. The van der Waals surface area contributed by atoms with E-state index in [1.165, 1.54) is 0 Å². The molecule has 0 saturated heterocycles. The number of aliphatic carboxylic acids is 1. The van der Waals surface area contributed by atoms with E-state index in [9.17, 15) is 9.59 Å². The summed E-state index contributed by atoms with van der Waals surface area (Å²) in [5.74, 6) is -0.115. The van der Waals surface area contributed by atoms with Gasteiger partial charge in [0.05, 0.1) is 0 Å². The van der Waals surface area contributed by atoms with Gasteiger partial charge in [-0.25, -0.2) is 0 Å². The Balaban J connectivity index is 1.65. The van der Waals surface area contributed by atoms with Gasteiger partial charge < -0.3 is 19.6 Å². The highest BCUT2D eigenvalue weighted by molar-refractivity contribution is 5.99. The molecule has 3 rings (SSSR count). The highest BCUT2D eigenvalue weighted by atomic mass is 16.5. The lowest BCUT2D eigenvalue weighted by Crippen LogP contribution is -2.25. The van der Waals surface area contributed by atoms with Gasteiger partial charge in [-0.1, -0.05) is 42.8 Å². The fraction of sp³-hybridized carbons (Fsp3) is 0.273. The fourth-order valence-corrected chi connectivity index (χ4v) is 2.96. The predicted octanol–water partition coefficient (Wildman–Crippen LogP) is 4.39. The Morgan fingerprint density at radius 2 is 1.71 bits per heavy atom. The number of amides is 1. The molecule has 3 aromatic rings. The number of benzene rings is 2. The number of rotatable bonds is 10. The first-order valence-corrected chi connectivity index (χ1v) is 9.33. The van der Waals surface area contributed by atoms with E-state index in [1.807, 2.05) is 54.6 Å². The summed E-state index contributed by atoms with van der Waals surface area (Å²) in [7, 11) is 0. The van der Waals surface area contributed by atoms with E-state index in [0.29, 0.717) is 24.1 Å². The Morgan fingerprint density at radius 1 is 0.964 bits per heavy atom. The number of carboxylic acid groups (broad SMARTS) is 1. The molecule has 0 unspecified atom stereocenters. The molecule has 6 heteroatoms. The Bertz CT molecular complexity index is 933. The summed E-state index contributed by atoms with van der Waals surface area (Å²) in [6.45, 7) is 0.691. The van der Waals surface area contributed by atoms with Crippen LogP contribution in [0.25, 0.3) is 11.0 Å². The van der Waals surface area contributed by atoms with Crippen LogP contribution in [0.1, 0.15) is 41.8 Å². The summed E-state index contributed by atoms with van der Waals surface area (Å²) in [4.78, 5) is 23.2. The van der Waals surface area contributed by atoms with Crippen LogP contribution in [0.4, 0.5) is 0 Å². The normalized spacial score (nSPS) is 10.7. The van der Waals surface area contributed by atoms with Gasteiger partial charge in [0.1, 0.15) is 17.9 Å². The van der Waals surface area contributed by atoms with Crippen molar-refractivity contribution in [2.75, 3.05) is 6.54 Å². The summed E-state index contributed by atoms with van der Waals surface area (Å²) in [6, 6.07) is 16.9. The SMILES string of the molecule is O=C(O)CCCCCNC(=O)c1oc2ccccc2c1COc1ccccc1. The zero-order valence-corrected chi connectivity index (χ0v) is 15.5. The third-order valence-corrected chi connectivity index (χ3v) is 4.38. The zero-order valence-electron chi connectivity index (χ0n) is 15.5. The largest absolute Gasteiger partial charge is 0.489 e. The van der Waals surface area contributed by atoms with Crippen molar-refractivity contribution in [3.63, 3.8) is 0 Å². The number of hydrogen-bond acceptors (Lipinski definition) is 4. The van der Waals surface area contributed by atoms with Gasteiger partial charge in [-0.2, -0.15) is 0 Å². The van der Waals surface area contributed by atoms with E-state index < -0.39 is 5.97 Å². The van der Waals surface area contributed by atoms with Crippen molar-refractivity contribution >= 4 is 22.8 Å². The third kappa shape index (κ3) is 5.13. The molecule has 0 fully saturated rings. The van der Waals surface area contributed by atoms with Crippen LogP contribution in [-0.4, -0.2) is 23.5 Å². The van der Waals surface area contributed by atoms with Crippen molar-refractivity contribution in [1.29, 1.82) is 0 Å². The molecule has 146 valence electrons. The van der Waals surface area contributed by atoms with Gasteiger partial charge in [0.15, 0.2) is 5.76 Å². The molecule has 2 N–H and O–H groups in total. The minimum absolute atomic E-state index is 0.151. The molecule has 0 aliphatic heterocycles. The molecule has 1 aromatic heterocycles. The maximum Gasteiger partial charge on any atom is 0.303 e. The number of fused-ring (bicyclic) bond motifs is 1. The second kappa shape index (κ2) is 9.60. The average molecular weight is 381 g/mol. The van der Waals surface area contributed by atoms with Gasteiger partial charge in [-0.05, 0) is 31.0 Å². The van der Waals surface area contributed by atoms with Crippen molar-refractivity contribution in [2.45, 2.75) is 32.3 Å². The number of ether oxygens (including phenoxy) is 1. The number of carboxylic acids is 1. The van der Waals surface area contributed by atoms with Crippen LogP contribution in [0, 0.1) is 0 Å². The van der Waals surface area contributed by atoms with Gasteiger partial charge in [-0.15, -0.1) is 0 Å².